The highest BCUT2D eigenvalue weighted by atomic mass is 32.2. The molecule has 7 heteroatoms. The van der Waals surface area contributed by atoms with Crippen LogP contribution in [0, 0.1) is 0 Å². The van der Waals surface area contributed by atoms with Crippen molar-refractivity contribution in [3.05, 3.63) is 59.7 Å². The molecular weight excluding hydrogens is 352 g/mol. The zero-order valence-electron chi connectivity index (χ0n) is 15.2. The summed E-state index contributed by atoms with van der Waals surface area (Å²) in [5.41, 5.74) is 0.853. The molecule has 0 spiro atoms. The minimum atomic E-state index is -3.79. The molecule has 0 aliphatic rings. The van der Waals surface area contributed by atoms with Gasteiger partial charge in [0.1, 0.15) is 0 Å². The van der Waals surface area contributed by atoms with Crippen molar-refractivity contribution >= 4 is 27.4 Å². The van der Waals surface area contributed by atoms with Crippen molar-refractivity contribution in [1.29, 1.82) is 0 Å². The molecule has 0 bridgehead atoms. The summed E-state index contributed by atoms with van der Waals surface area (Å²) >= 11 is 0. The third-order valence-corrected chi connectivity index (χ3v) is 4.86. The predicted octanol–water partition coefficient (Wildman–Crippen LogP) is 3.22. The maximum Gasteiger partial charge on any atom is 0.261 e. The highest BCUT2D eigenvalue weighted by Crippen LogP contribution is 2.18. The van der Waals surface area contributed by atoms with Gasteiger partial charge >= 0.3 is 0 Å². The Balaban J connectivity index is 2.16. The lowest BCUT2D eigenvalue weighted by Gasteiger charge is -2.20. The minimum Gasteiger partial charge on any atom is -0.347 e. The Morgan fingerprint density at radius 3 is 1.81 bits per heavy atom. The third kappa shape index (κ3) is 5.16. The van der Waals surface area contributed by atoms with Gasteiger partial charge in [-0.25, -0.2) is 8.42 Å². The number of nitrogens with one attached hydrogen (secondary N) is 2. The second kappa shape index (κ2) is 7.29. The Bertz CT molecular complexity index is 910. The Morgan fingerprint density at radius 1 is 0.846 bits per heavy atom. The maximum atomic E-state index is 12.5. The first-order valence-electron chi connectivity index (χ1n) is 8.04. The largest absolute Gasteiger partial charge is 0.347 e. The summed E-state index contributed by atoms with van der Waals surface area (Å²) in [6.07, 6.45) is 0. The maximum absolute atomic E-state index is 12.5. The molecular formula is C19H22N2O4S. The summed E-state index contributed by atoms with van der Waals surface area (Å²) in [6.45, 7) is 7.04. The lowest BCUT2D eigenvalue weighted by molar-refractivity contribution is 0.0918. The second-order valence-corrected chi connectivity index (χ2v) is 8.65. The van der Waals surface area contributed by atoms with Crippen LogP contribution in [-0.4, -0.2) is 25.6 Å². The van der Waals surface area contributed by atoms with Gasteiger partial charge in [0.05, 0.1) is 4.90 Å². The second-order valence-electron chi connectivity index (χ2n) is 6.97. The van der Waals surface area contributed by atoms with Crippen LogP contribution in [0.4, 0.5) is 5.69 Å². The molecule has 0 aliphatic carbocycles. The van der Waals surface area contributed by atoms with Crippen LogP contribution in [0.5, 0.6) is 0 Å². The molecule has 2 aromatic rings. The average molecular weight is 374 g/mol. The van der Waals surface area contributed by atoms with Crippen LogP contribution in [0.3, 0.4) is 0 Å². The number of carbonyl (C=O) groups is 2. The number of Topliss-reactive ketones (excluding diaryl/α,β-unsaturated/α-hetero) is 1. The molecule has 0 saturated carbocycles. The van der Waals surface area contributed by atoms with E-state index in [4.69, 9.17) is 0 Å². The fourth-order valence-corrected chi connectivity index (χ4v) is 3.24. The summed E-state index contributed by atoms with van der Waals surface area (Å²) in [6, 6.07) is 11.9. The fourth-order valence-electron chi connectivity index (χ4n) is 2.19. The summed E-state index contributed by atoms with van der Waals surface area (Å²) < 4.78 is 27.4. The molecule has 0 aliphatic heterocycles. The highest BCUT2D eigenvalue weighted by molar-refractivity contribution is 7.92. The van der Waals surface area contributed by atoms with Crippen LogP contribution < -0.4 is 10.0 Å². The molecule has 6 nitrogen and oxygen atoms in total. The van der Waals surface area contributed by atoms with Gasteiger partial charge in [0.25, 0.3) is 15.9 Å². The number of anilines is 1. The van der Waals surface area contributed by atoms with Crippen LogP contribution in [0.25, 0.3) is 0 Å². The van der Waals surface area contributed by atoms with Gasteiger partial charge in [-0.1, -0.05) is 0 Å². The van der Waals surface area contributed by atoms with Crippen molar-refractivity contribution in [3.8, 4) is 0 Å². The van der Waals surface area contributed by atoms with Crippen molar-refractivity contribution in [2.24, 2.45) is 0 Å². The van der Waals surface area contributed by atoms with E-state index in [-0.39, 0.29) is 22.1 Å². The van der Waals surface area contributed by atoms with Gasteiger partial charge in [-0.05, 0) is 76.2 Å². The van der Waals surface area contributed by atoms with Crippen molar-refractivity contribution < 1.29 is 18.0 Å². The molecule has 0 aromatic heterocycles. The Hall–Kier alpha value is -2.67. The molecule has 2 rings (SSSR count). The molecule has 138 valence electrons. The smallest absolute Gasteiger partial charge is 0.261 e. The van der Waals surface area contributed by atoms with Crippen LogP contribution in [0.2, 0.25) is 0 Å². The number of benzene rings is 2. The zero-order chi connectivity index (χ0) is 19.5. The number of hydrogen-bond acceptors (Lipinski definition) is 4. The van der Waals surface area contributed by atoms with E-state index in [0.717, 1.165) is 0 Å². The SMILES string of the molecule is CC(=O)c1ccc(NS(=O)(=O)c2ccc(C(=O)NC(C)(C)C)cc2)cc1. The monoisotopic (exact) mass is 374 g/mol. The Morgan fingerprint density at radius 2 is 1.35 bits per heavy atom. The van der Waals surface area contributed by atoms with E-state index < -0.39 is 10.0 Å². The van der Waals surface area contributed by atoms with Crippen LogP contribution in [0.15, 0.2) is 53.4 Å². The third-order valence-electron chi connectivity index (χ3n) is 3.46. The lowest BCUT2D eigenvalue weighted by atomic mass is 10.1. The Labute approximate surface area is 153 Å². The molecule has 1 amide bonds. The van der Waals surface area contributed by atoms with Crippen molar-refractivity contribution in [2.75, 3.05) is 4.72 Å². The number of amides is 1. The fraction of sp³-hybridized carbons (Fsp3) is 0.263. The van der Waals surface area contributed by atoms with E-state index in [2.05, 4.69) is 10.0 Å². The van der Waals surface area contributed by atoms with Crippen LogP contribution >= 0.6 is 0 Å². The van der Waals surface area contributed by atoms with Crippen molar-refractivity contribution in [3.63, 3.8) is 0 Å². The molecule has 0 heterocycles. The van der Waals surface area contributed by atoms with Crippen LogP contribution in [0.1, 0.15) is 48.4 Å². The normalized spacial score (nSPS) is 11.7. The van der Waals surface area contributed by atoms with Gasteiger partial charge in [0.2, 0.25) is 0 Å². The van der Waals surface area contributed by atoms with E-state index in [1.54, 1.807) is 12.1 Å². The highest BCUT2D eigenvalue weighted by Gasteiger charge is 2.18. The van der Waals surface area contributed by atoms with Gasteiger partial charge < -0.3 is 5.32 Å². The van der Waals surface area contributed by atoms with E-state index in [1.165, 1.54) is 43.3 Å². The van der Waals surface area contributed by atoms with Gasteiger partial charge in [0, 0.05) is 22.4 Å². The Kier molecular flexibility index (Phi) is 5.51. The van der Waals surface area contributed by atoms with Crippen molar-refractivity contribution in [1.82, 2.24) is 5.32 Å². The summed E-state index contributed by atoms with van der Waals surface area (Å²) in [7, 11) is -3.79. The van der Waals surface area contributed by atoms with E-state index in [0.29, 0.717) is 16.8 Å². The molecule has 26 heavy (non-hydrogen) atoms. The molecule has 0 atom stereocenters. The molecule has 0 unspecified atom stereocenters. The van der Waals surface area contributed by atoms with Gasteiger partial charge in [0.15, 0.2) is 5.78 Å². The topological polar surface area (TPSA) is 92.3 Å². The van der Waals surface area contributed by atoms with E-state index in [1.807, 2.05) is 20.8 Å². The van der Waals surface area contributed by atoms with Gasteiger partial charge in [-0.3, -0.25) is 14.3 Å². The first kappa shape index (κ1) is 19.7. The van der Waals surface area contributed by atoms with Crippen molar-refractivity contribution in [2.45, 2.75) is 38.1 Å². The summed E-state index contributed by atoms with van der Waals surface area (Å²) in [4.78, 5) is 23.4. The molecule has 0 saturated heterocycles. The molecule has 2 aromatic carbocycles. The number of carbonyl (C=O) groups excluding carboxylic acids is 2. The molecule has 0 radical (unpaired) electrons. The quantitative estimate of drug-likeness (QED) is 0.786. The van der Waals surface area contributed by atoms with E-state index >= 15 is 0 Å². The first-order valence-corrected chi connectivity index (χ1v) is 9.53. The lowest BCUT2D eigenvalue weighted by Crippen LogP contribution is -2.40. The van der Waals surface area contributed by atoms with Gasteiger partial charge in [-0.15, -0.1) is 0 Å². The minimum absolute atomic E-state index is 0.0421. The average Bonchev–Trinajstić information content (AvgIpc) is 2.53. The zero-order valence-corrected chi connectivity index (χ0v) is 16.0. The standard InChI is InChI=1S/C19H22N2O4S/c1-13(22)14-5-9-16(10-6-14)21-26(24,25)17-11-7-15(8-12-17)18(23)20-19(2,3)4/h5-12,21H,1-4H3,(H,20,23). The molecule has 0 fully saturated rings. The number of sulfonamides is 1. The number of hydrogen-bond donors (Lipinski definition) is 2. The molecule has 2 N–H and O–H groups in total. The predicted molar refractivity (Wildman–Crippen MR) is 101 cm³/mol. The first-order chi connectivity index (χ1) is 12.0. The van der Waals surface area contributed by atoms with Gasteiger partial charge in [-0.2, -0.15) is 0 Å². The number of rotatable bonds is 5. The summed E-state index contributed by atoms with van der Waals surface area (Å²) in [5, 5.41) is 2.82. The number of ketones is 1. The summed E-state index contributed by atoms with van der Waals surface area (Å²) in [5.74, 6) is -0.363. The van der Waals surface area contributed by atoms with Crippen LogP contribution in [-0.2, 0) is 10.0 Å². The van der Waals surface area contributed by atoms with E-state index in [9.17, 15) is 18.0 Å².